The molecule has 0 aromatic carbocycles. The van der Waals surface area contributed by atoms with Gasteiger partial charge in [0.05, 0.1) is 0 Å². The number of nitro groups is 1. The van der Waals surface area contributed by atoms with Gasteiger partial charge in [0.2, 0.25) is 18.1 Å². The molecule has 1 aliphatic heterocycles. The molecule has 1 saturated heterocycles. The van der Waals surface area contributed by atoms with E-state index in [4.69, 9.17) is 5.84 Å². The van der Waals surface area contributed by atoms with Crippen LogP contribution in [0.1, 0.15) is 12.8 Å². The van der Waals surface area contributed by atoms with Crippen LogP contribution in [0.3, 0.4) is 0 Å². The fourth-order valence-electron chi connectivity index (χ4n) is 2.29. The summed E-state index contributed by atoms with van der Waals surface area (Å²) in [5.74, 6) is 4.24. The first-order valence-electron chi connectivity index (χ1n) is 6.45. The van der Waals surface area contributed by atoms with Crippen LogP contribution in [0.15, 0.2) is 12.5 Å². The van der Waals surface area contributed by atoms with E-state index in [0.29, 0.717) is 25.9 Å². The Hall–Kier alpha value is -2.49. The van der Waals surface area contributed by atoms with Crippen LogP contribution in [0.25, 0.3) is 0 Å². The molecule has 21 heavy (non-hydrogen) atoms. The Bertz CT molecular complexity index is 549. The highest BCUT2D eigenvalue weighted by atomic mass is 16.6. The monoisotopic (exact) mass is 296 g/mol. The average molecular weight is 296 g/mol. The number of hydrogen-bond donors (Lipinski definition) is 2. The molecule has 0 unspecified atom stereocenters. The number of aromatic nitrogens is 2. The van der Waals surface area contributed by atoms with Gasteiger partial charge in [0.15, 0.2) is 0 Å². The quantitative estimate of drug-likeness (QED) is 0.317. The van der Waals surface area contributed by atoms with E-state index in [1.807, 2.05) is 0 Å². The highest BCUT2D eigenvalue weighted by molar-refractivity contribution is 5.79. The maximum absolute atomic E-state index is 12.1. The first kappa shape index (κ1) is 14.9. The Morgan fingerprint density at radius 3 is 2.67 bits per heavy atom. The summed E-state index contributed by atoms with van der Waals surface area (Å²) in [6.07, 6.45) is 3.58. The SMILES string of the molecule is NNC(=O)C1CCN(C(=O)Cn2cnc([N+](=O)[O-])c2)CC1. The third-order valence-corrected chi connectivity index (χ3v) is 3.49. The summed E-state index contributed by atoms with van der Waals surface area (Å²) in [5.41, 5.74) is 2.11. The fraction of sp³-hybridized carbons (Fsp3) is 0.545. The molecule has 10 nitrogen and oxygen atoms in total. The van der Waals surface area contributed by atoms with Gasteiger partial charge in [0, 0.05) is 19.0 Å². The van der Waals surface area contributed by atoms with Crippen molar-refractivity contribution in [2.45, 2.75) is 19.4 Å². The molecule has 0 spiro atoms. The summed E-state index contributed by atoms with van der Waals surface area (Å²) >= 11 is 0. The molecule has 0 atom stereocenters. The average Bonchev–Trinajstić information content (AvgIpc) is 2.95. The minimum absolute atomic E-state index is 0.00537. The van der Waals surface area contributed by atoms with Crippen LogP contribution in [0, 0.1) is 16.0 Å². The van der Waals surface area contributed by atoms with Crippen molar-refractivity contribution in [2.24, 2.45) is 11.8 Å². The second-order valence-corrected chi connectivity index (χ2v) is 4.82. The van der Waals surface area contributed by atoms with Crippen molar-refractivity contribution in [2.75, 3.05) is 13.1 Å². The number of piperidine rings is 1. The largest absolute Gasteiger partial charge is 0.381 e. The summed E-state index contributed by atoms with van der Waals surface area (Å²) in [4.78, 5) is 38.6. The van der Waals surface area contributed by atoms with Gasteiger partial charge in [-0.25, -0.2) is 5.84 Å². The van der Waals surface area contributed by atoms with Crippen molar-refractivity contribution in [3.63, 3.8) is 0 Å². The van der Waals surface area contributed by atoms with Crippen molar-refractivity contribution in [1.29, 1.82) is 0 Å². The second-order valence-electron chi connectivity index (χ2n) is 4.82. The summed E-state index contributed by atoms with van der Waals surface area (Å²) in [6.45, 7) is 0.927. The topological polar surface area (TPSA) is 136 Å². The summed E-state index contributed by atoms with van der Waals surface area (Å²) in [5, 5.41) is 10.5. The molecule has 1 fully saturated rings. The number of nitrogens with two attached hydrogens (primary N) is 1. The molecule has 2 amide bonds. The van der Waals surface area contributed by atoms with Crippen LogP contribution in [0.5, 0.6) is 0 Å². The third kappa shape index (κ3) is 3.54. The first-order chi connectivity index (χ1) is 10.0. The number of rotatable bonds is 4. The van der Waals surface area contributed by atoms with Crippen molar-refractivity contribution in [3.05, 3.63) is 22.6 Å². The maximum atomic E-state index is 12.1. The van der Waals surface area contributed by atoms with E-state index in [9.17, 15) is 19.7 Å². The van der Waals surface area contributed by atoms with E-state index in [0.717, 1.165) is 0 Å². The van der Waals surface area contributed by atoms with Crippen LogP contribution in [0.4, 0.5) is 5.82 Å². The molecule has 1 aromatic rings. The van der Waals surface area contributed by atoms with Gasteiger partial charge in [-0.05, 0) is 22.7 Å². The molecule has 114 valence electrons. The zero-order valence-electron chi connectivity index (χ0n) is 11.3. The smallest absolute Gasteiger partial charge is 0.358 e. The van der Waals surface area contributed by atoms with E-state index in [2.05, 4.69) is 10.4 Å². The number of carbonyl (C=O) groups is 2. The lowest BCUT2D eigenvalue weighted by atomic mass is 9.96. The molecular formula is C11H16N6O4. The molecule has 0 saturated carbocycles. The van der Waals surface area contributed by atoms with E-state index in [1.54, 1.807) is 4.90 Å². The molecule has 2 heterocycles. The van der Waals surface area contributed by atoms with E-state index >= 15 is 0 Å². The van der Waals surface area contributed by atoms with Crippen LogP contribution in [-0.2, 0) is 16.1 Å². The van der Waals surface area contributed by atoms with Gasteiger partial charge >= 0.3 is 5.82 Å². The summed E-state index contributed by atoms with van der Waals surface area (Å²) < 4.78 is 1.37. The molecule has 1 aliphatic rings. The highest BCUT2D eigenvalue weighted by Crippen LogP contribution is 2.17. The normalized spacial score (nSPS) is 15.8. The van der Waals surface area contributed by atoms with Crippen LogP contribution in [-0.4, -0.2) is 44.3 Å². The van der Waals surface area contributed by atoms with Crippen molar-refractivity contribution in [3.8, 4) is 0 Å². The predicted molar refractivity (Wildman–Crippen MR) is 70.5 cm³/mol. The third-order valence-electron chi connectivity index (χ3n) is 3.49. The Labute approximate surface area is 120 Å². The number of hydrogen-bond acceptors (Lipinski definition) is 6. The van der Waals surface area contributed by atoms with Gasteiger partial charge in [0.25, 0.3) is 0 Å². The van der Waals surface area contributed by atoms with Gasteiger partial charge in [-0.15, -0.1) is 0 Å². The number of imidazole rings is 1. The number of amides is 2. The van der Waals surface area contributed by atoms with E-state index in [-0.39, 0.29) is 30.1 Å². The molecule has 10 heteroatoms. The summed E-state index contributed by atoms with van der Waals surface area (Å²) in [6, 6.07) is 0. The first-order valence-corrected chi connectivity index (χ1v) is 6.45. The second kappa shape index (κ2) is 6.31. The lowest BCUT2D eigenvalue weighted by Gasteiger charge is -2.31. The number of likely N-dealkylation sites (tertiary alicyclic amines) is 1. The van der Waals surface area contributed by atoms with Crippen molar-refractivity contribution in [1.82, 2.24) is 19.9 Å². The molecule has 2 rings (SSSR count). The van der Waals surface area contributed by atoms with E-state index in [1.165, 1.54) is 17.1 Å². The van der Waals surface area contributed by atoms with Gasteiger partial charge in [0.1, 0.15) is 12.7 Å². The lowest BCUT2D eigenvalue weighted by molar-refractivity contribution is -0.389. The zero-order chi connectivity index (χ0) is 15.4. The molecule has 0 radical (unpaired) electrons. The van der Waals surface area contributed by atoms with Gasteiger partial charge in [-0.2, -0.15) is 0 Å². The van der Waals surface area contributed by atoms with Crippen LogP contribution >= 0.6 is 0 Å². The van der Waals surface area contributed by atoms with Crippen LogP contribution < -0.4 is 11.3 Å². The molecule has 1 aromatic heterocycles. The van der Waals surface area contributed by atoms with Gasteiger partial charge in [-0.1, -0.05) is 0 Å². The Balaban J connectivity index is 1.87. The zero-order valence-corrected chi connectivity index (χ0v) is 11.3. The van der Waals surface area contributed by atoms with Gasteiger partial charge in [-0.3, -0.25) is 15.0 Å². The molecular weight excluding hydrogens is 280 g/mol. The minimum Gasteiger partial charge on any atom is -0.358 e. The summed E-state index contributed by atoms with van der Waals surface area (Å²) in [7, 11) is 0. The van der Waals surface area contributed by atoms with Gasteiger partial charge < -0.3 is 19.6 Å². The molecule has 0 bridgehead atoms. The number of carbonyl (C=O) groups excluding carboxylic acids is 2. The highest BCUT2D eigenvalue weighted by Gasteiger charge is 2.27. The number of nitrogens with zero attached hydrogens (tertiary/aromatic N) is 4. The predicted octanol–water partition coefficient (Wildman–Crippen LogP) is -0.980. The number of nitrogens with one attached hydrogen (secondary N) is 1. The standard InChI is InChI=1S/C11H16N6O4/c12-14-11(19)8-1-3-16(4-2-8)10(18)6-15-5-9(13-7-15)17(20)21/h5,7-8H,1-4,6,12H2,(H,14,19). The Morgan fingerprint density at radius 1 is 1.48 bits per heavy atom. The number of hydrazine groups is 1. The lowest BCUT2D eigenvalue weighted by Crippen LogP contribution is -2.45. The van der Waals surface area contributed by atoms with E-state index < -0.39 is 4.92 Å². The molecule has 3 N–H and O–H groups in total. The maximum Gasteiger partial charge on any atom is 0.381 e. The van der Waals surface area contributed by atoms with Crippen molar-refractivity contribution < 1.29 is 14.5 Å². The Morgan fingerprint density at radius 2 is 2.14 bits per heavy atom. The van der Waals surface area contributed by atoms with Crippen molar-refractivity contribution >= 4 is 17.6 Å². The Kier molecular flexibility index (Phi) is 4.48. The minimum atomic E-state index is -0.613. The molecule has 0 aliphatic carbocycles. The fourth-order valence-corrected chi connectivity index (χ4v) is 2.29. The van der Waals surface area contributed by atoms with Crippen LogP contribution in [0.2, 0.25) is 0 Å².